The quantitative estimate of drug-likeness (QED) is 0.588. The maximum Gasteiger partial charge on any atom is 0.262 e. The first kappa shape index (κ1) is 20.4. The van der Waals surface area contributed by atoms with Crippen molar-refractivity contribution in [1.82, 2.24) is 4.98 Å². The van der Waals surface area contributed by atoms with Gasteiger partial charge in [0.15, 0.2) is 6.61 Å². The summed E-state index contributed by atoms with van der Waals surface area (Å²) in [6.45, 7) is 8.52. The Kier molecular flexibility index (Phi) is 6.17. The topological polar surface area (TPSA) is 63.2 Å². The predicted molar refractivity (Wildman–Crippen MR) is 118 cm³/mol. The highest BCUT2D eigenvalue weighted by molar-refractivity contribution is 5.91. The van der Waals surface area contributed by atoms with Crippen LogP contribution in [0.15, 0.2) is 66.9 Å². The summed E-state index contributed by atoms with van der Waals surface area (Å²) in [7, 11) is 0. The van der Waals surface area contributed by atoms with E-state index in [1.54, 1.807) is 6.20 Å². The molecule has 0 aliphatic heterocycles. The molecule has 0 bridgehead atoms. The Morgan fingerprint density at radius 2 is 1.59 bits per heavy atom. The van der Waals surface area contributed by atoms with E-state index in [1.165, 1.54) is 5.56 Å². The molecular formula is C24H27N3O2. The molecule has 3 aromatic rings. The van der Waals surface area contributed by atoms with Crippen molar-refractivity contribution in [3.8, 4) is 5.75 Å². The number of benzene rings is 2. The third-order valence-corrected chi connectivity index (χ3v) is 4.46. The van der Waals surface area contributed by atoms with E-state index in [2.05, 4.69) is 48.5 Å². The maximum absolute atomic E-state index is 12.1. The molecular weight excluding hydrogens is 362 g/mol. The van der Waals surface area contributed by atoms with E-state index in [-0.39, 0.29) is 17.9 Å². The summed E-state index contributed by atoms with van der Waals surface area (Å²) in [6.07, 6.45) is 1.62. The van der Waals surface area contributed by atoms with Crippen molar-refractivity contribution in [3.05, 3.63) is 78.0 Å². The molecule has 0 atom stereocenters. The number of nitrogens with one attached hydrogen (secondary N) is 2. The fourth-order valence-electron chi connectivity index (χ4n) is 2.72. The first-order valence-electron chi connectivity index (χ1n) is 9.62. The van der Waals surface area contributed by atoms with E-state index in [1.807, 2.05) is 55.5 Å². The number of carbonyl (C=O) groups excluding carboxylic acids is 1. The van der Waals surface area contributed by atoms with Crippen LogP contribution in [-0.2, 0) is 10.2 Å². The van der Waals surface area contributed by atoms with Crippen molar-refractivity contribution >= 4 is 23.1 Å². The number of aryl methyl sites for hydroxylation is 1. The monoisotopic (exact) mass is 389 g/mol. The maximum atomic E-state index is 12.1. The van der Waals surface area contributed by atoms with Crippen LogP contribution in [0.25, 0.3) is 0 Å². The fraction of sp³-hybridized carbons (Fsp3) is 0.250. The van der Waals surface area contributed by atoms with Gasteiger partial charge in [-0.25, -0.2) is 4.98 Å². The third kappa shape index (κ3) is 6.07. The summed E-state index contributed by atoms with van der Waals surface area (Å²) >= 11 is 0. The van der Waals surface area contributed by atoms with Crippen LogP contribution >= 0.6 is 0 Å². The summed E-state index contributed by atoms with van der Waals surface area (Å²) < 4.78 is 5.49. The molecule has 0 radical (unpaired) electrons. The van der Waals surface area contributed by atoms with E-state index in [9.17, 15) is 4.79 Å². The number of carbonyl (C=O) groups is 1. The summed E-state index contributed by atoms with van der Waals surface area (Å²) in [5, 5.41) is 6.05. The standard InChI is InChI=1S/C24H27N3O2/c1-17-5-12-21(13-6-17)29-16-23(28)27-20-11-14-22(25-15-20)26-19-9-7-18(8-10-19)24(2,3)4/h5-15H,16H2,1-4H3,(H,25,26)(H,27,28). The molecule has 0 fully saturated rings. The molecule has 0 aliphatic carbocycles. The zero-order valence-electron chi connectivity index (χ0n) is 17.3. The number of ether oxygens (including phenoxy) is 1. The number of hydrogen-bond donors (Lipinski definition) is 2. The average molecular weight is 389 g/mol. The Morgan fingerprint density at radius 1 is 0.931 bits per heavy atom. The van der Waals surface area contributed by atoms with Crippen molar-refractivity contribution in [2.24, 2.45) is 0 Å². The second-order valence-electron chi connectivity index (χ2n) is 8.03. The van der Waals surface area contributed by atoms with Gasteiger partial charge in [0.05, 0.1) is 11.9 Å². The molecule has 0 unspecified atom stereocenters. The van der Waals surface area contributed by atoms with Crippen molar-refractivity contribution in [2.45, 2.75) is 33.1 Å². The van der Waals surface area contributed by atoms with Crippen LogP contribution in [0.2, 0.25) is 0 Å². The Labute approximate surface area is 172 Å². The van der Waals surface area contributed by atoms with Crippen LogP contribution in [0.5, 0.6) is 5.75 Å². The number of hydrogen-bond acceptors (Lipinski definition) is 4. The highest BCUT2D eigenvalue weighted by Gasteiger charge is 2.12. The number of anilines is 3. The van der Waals surface area contributed by atoms with Crippen LogP contribution < -0.4 is 15.4 Å². The van der Waals surface area contributed by atoms with Crippen LogP contribution in [0.1, 0.15) is 31.9 Å². The summed E-state index contributed by atoms with van der Waals surface area (Å²) in [5.74, 6) is 1.15. The van der Waals surface area contributed by atoms with Gasteiger partial charge in [0.2, 0.25) is 0 Å². The molecule has 5 nitrogen and oxygen atoms in total. The van der Waals surface area contributed by atoms with E-state index in [0.717, 1.165) is 11.3 Å². The lowest BCUT2D eigenvalue weighted by Crippen LogP contribution is -2.20. The smallest absolute Gasteiger partial charge is 0.262 e. The second kappa shape index (κ2) is 8.78. The zero-order chi connectivity index (χ0) is 20.9. The molecule has 0 aliphatic rings. The van der Waals surface area contributed by atoms with E-state index < -0.39 is 0 Å². The number of amides is 1. The number of rotatable bonds is 6. The van der Waals surface area contributed by atoms with Gasteiger partial charge in [0, 0.05) is 5.69 Å². The third-order valence-electron chi connectivity index (χ3n) is 4.46. The molecule has 29 heavy (non-hydrogen) atoms. The van der Waals surface area contributed by atoms with Crippen molar-refractivity contribution in [3.63, 3.8) is 0 Å². The molecule has 2 N–H and O–H groups in total. The highest BCUT2D eigenvalue weighted by atomic mass is 16.5. The molecule has 2 aromatic carbocycles. The normalized spacial score (nSPS) is 11.0. The Morgan fingerprint density at radius 3 is 2.17 bits per heavy atom. The SMILES string of the molecule is Cc1ccc(OCC(=O)Nc2ccc(Nc3ccc(C(C)(C)C)cc3)nc2)cc1. The molecule has 0 spiro atoms. The van der Waals surface area contributed by atoms with Gasteiger partial charge in [-0.1, -0.05) is 50.6 Å². The molecule has 3 rings (SSSR count). The minimum Gasteiger partial charge on any atom is -0.484 e. The lowest BCUT2D eigenvalue weighted by atomic mass is 9.87. The van der Waals surface area contributed by atoms with Crippen molar-refractivity contribution < 1.29 is 9.53 Å². The van der Waals surface area contributed by atoms with Gasteiger partial charge in [-0.15, -0.1) is 0 Å². The van der Waals surface area contributed by atoms with E-state index in [4.69, 9.17) is 4.74 Å². The lowest BCUT2D eigenvalue weighted by Gasteiger charge is -2.19. The second-order valence-corrected chi connectivity index (χ2v) is 8.03. The van der Waals surface area contributed by atoms with Crippen molar-refractivity contribution in [2.75, 3.05) is 17.2 Å². The minimum absolute atomic E-state index is 0.0524. The molecule has 5 heteroatoms. The first-order chi connectivity index (χ1) is 13.8. The zero-order valence-corrected chi connectivity index (χ0v) is 17.3. The minimum atomic E-state index is -0.231. The molecule has 150 valence electrons. The number of aromatic nitrogens is 1. The van der Waals surface area contributed by atoms with Crippen LogP contribution in [0.4, 0.5) is 17.2 Å². The van der Waals surface area contributed by atoms with Crippen molar-refractivity contribution in [1.29, 1.82) is 0 Å². The Hall–Kier alpha value is -3.34. The van der Waals surface area contributed by atoms with Crippen LogP contribution in [0.3, 0.4) is 0 Å². The van der Waals surface area contributed by atoms with Crippen LogP contribution in [0, 0.1) is 6.92 Å². The van der Waals surface area contributed by atoms with Crippen LogP contribution in [-0.4, -0.2) is 17.5 Å². The van der Waals surface area contributed by atoms with Gasteiger partial charge >= 0.3 is 0 Å². The van der Waals surface area contributed by atoms with Gasteiger partial charge in [-0.2, -0.15) is 0 Å². The highest BCUT2D eigenvalue weighted by Crippen LogP contribution is 2.24. The molecule has 1 heterocycles. The first-order valence-corrected chi connectivity index (χ1v) is 9.62. The summed E-state index contributed by atoms with van der Waals surface area (Å²) in [5.41, 5.74) is 4.14. The van der Waals surface area contributed by atoms with Gasteiger partial charge < -0.3 is 15.4 Å². The van der Waals surface area contributed by atoms with Gasteiger partial charge in [0.25, 0.3) is 5.91 Å². The largest absolute Gasteiger partial charge is 0.484 e. The van der Waals surface area contributed by atoms with Gasteiger partial charge in [-0.3, -0.25) is 4.79 Å². The molecule has 0 saturated heterocycles. The number of pyridine rings is 1. The molecule has 0 saturated carbocycles. The van der Waals surface area contributed by atoms with Gasteiger partial charge in [0.1, 0.15) is 11.6 Å². The fourth-order valence-corrected chi connectivity index (χ4v) is 2.72. The number of nitrogens with zero attached hydrogens (tertiary/aromatic N) is 1. The van der Waals surface area contributed by atoms with Gasteiger partial charge in [-0.05, 0) is 54.3 Å². The molecule has 1 amide bonds. The lowest BCUT2D eigenvalue weighted by molar-refractivity contribution is -0.118. The average Bonchev–Trinajstić information content (AvgIpc) is 2.69. The molecule has 1 aromatic heterocycles. The predicted octanol–water partition coefficient (Wildman–Crippen LogP) is 5.45. The summed E-state index contributed by atoms with van der Waals surface area (Å²) in [6, 6.07) is 19.5. The summed E-state index contributed by atoms with van der Waals surface area (Å²) in [4.78, 5) is 16.4. The Balaban J connectivity index is 1.51. The Bertz CT molecular complexity index is 941. The van der Waals surface area contributed by atoms with E-state index in [0.29, 0.717) is 17.3 Å². The van der Waals surface area contributed by atoms with E-state index >= 15 is 0 Å².